The van der Waals surface area contributed by atoms with Gasteiger partial charge >= 0.3 is 0 Å². The zero-order chi connectivity index (χ0) is 15.2. The molecule has 2 heteroatoms. The third-order valence-electron chi connectivity index (χ3n) is 8.67. The summed E-state index contributed by atoms with van der Waals surface area (Å²) in [7, 11) is 0. The van der Waals surface area contributed by atoms with Gasteiger partial charge in [0.05, 0.1) is 5.60 Å². The Labute approximate surface area is 134 Å². The number of aliphatic hydroxyl groups is 2. The van der Waals surface area contributed by atoms with Crippen LogP contribution in [0.4, 0.5) is 0 Å². The third kappa shape index (κ3) is 1.64. The molecule has 5 aliphatic rings. The van der Waals surface area contributed by atoms with Crippen molar-refractivity contribution in [3.8, 4) is 0 Å². The van der Waals surface area contributed by atoms with E-state index in [9.17, 15) is 10.2 Å². The molecule has 0 heterocycles. The first-order valence-corrected chi connectivity index (χ1v) is 9.48. The molecule has 5 rings (SSSR count). The molecule has 0 aliphatic heterocycles. The maximum Gasteiger partial charge on any atom is 0.0689 e. The van der Waals surface area contributed by atoms with Gasteiger partial charge in [0.1, 0.15) is 0 Å². The molecule has 0 aromatic heterocycles. The monoisotopic (exact) mass is 302 g/mol. The standard InChI is InChI=1S/C20H30O2/c1-18-7-13-2-3-15(18)6-16-17(20(22,9-13)12-18)10-19(16)5-4-14(8-19)11-21/h2-3,13-17,21-22H,4-12H2,1H3/t13-,14+,15+,16-,17-,18-,19-,20-/m1/s1. The number of hydrogen-bond acceptors (Lipinski definition) is 2. The number of rotatable bonds is 1. The van der Waals surface area contributed by atoms with Crippen LogP contribution < -0.4 is 0 Å². The molecule has 8 atom stereocenters. The lowest BCUT2D eigenvalue weighted by molar-refractivity contribution is -0.176. The van der Waals surface area contributed by atoms with E-state index in [1.165, 1.54) is 38.5 Å². The van der Waals surface area contributed by atoms with Gasteiger partial charge in [0, 0.05) is 6.61 Å². The molecule has 22 heavy (non-hydrogen) atoms. The number of fused-ring (bicyclic) bond motifs is 5. The van der Waals surface area contributed by atoms with Gasteiger partial charge in [-0.2, -0.15) is 0 Å². The van der Waals surface area contributed by atoms with Crippen LogP contribution in [0.2, 0.25) is 0 Å². The van der Waals surface area contributed by atoms with E-state index in [1.807, 2.05) is 0 Å². The van der Waals surface area contributed by atoms with Crippen molar-refractivity contribution < 1.29 is 10.2 Å². The minimum absolute atomic E-state index is 0.333. The lowest BCUT2D eigenvalue weighted by Gasteiger charge is -2.60. The first-order valence-electron chi connectivity index (χ1n) is 9.48. The average molecular weight is 302 g/mol. The molecule has 4 saturated carbocycles. The second kappa shape index (κ2) is 4.19. The topological polar surface area (TPSA) is 40.5 Å². The molecular formula is C20H30O2. The summed E-state index contributed by atoms with van der Waals surface area (Å²) in [5, 5.41) is 21.1. The number of hydrogen-bond donors (Lipinski definition) is 2. The minimum Gasteiger partial charge on any atom is -0.396 e. The maximum atomic E-state index is 11.5. The van der Waals surface area contributed by atoms with E-state index in [2.05, 4.69) is 19.1 Å². The first kappa shape index (κ1) is 14.0. The number of allylic oxidation sites excluding steroid dienone is 2. The highest BCUT2D eigenvalue weighted by molar-refractivity contribution is 5.22. The smallest absolute Gasteiger partial charge is 0.0689 e. The van der Waals surface area contributed by atoms with Crippen LogP contribution >= 0.6 is 0 Å². The molecule has 5 aliphatic carbocycles. The Morgan fingerprint density at radius 1 is 1.09 bits per heavy atom. The Bertz CT molecular complexity index is 528. The Hall–Kier alpha value is -0.340. The third-order valence-corrected chi connectivity index (χ3v) is 8.67. The van der Waals surface area contributed by atoms with Crippen LogP contribution in [0.25, 0.3) is 0 Å². The highest BCUT2D eigenvalue weighted by Gasteiger charge is 2.67. The summed E-state index contributed by atoms with van der Waals surface area (Å²) in [6.45, 7) is 2.81. The lowest BCUT2D eigenvalue weighted by Crippen LogP contribution is -2.58. The molecule has 122 valence electrons. The van der Waals surface area contributed by atoms with Crippen LogP contribution in [-0.4, -0.2) is 22.4 Å². The summed E-state index contributed by atoms with van der Waals surface area (Å²) < 4.78 is 0. The van der Waals surface area contributed by atoms with Crippen molar-refractivity contribution in [2.75, 3.05) is 6.61 Å². The summed E-state index contributed by atoms with van der Waals surface area (Å²) in [6, 6.07) is 0. The van der Waals surface area contributed by atoms with Crippen molar-refractivity contribution in [2.45, 2.75) is 63.9 Å². The van der Waals surface area contributed by atoms with Gasteiger partial charge < -0.3 is 10.2 Å². The highest BCUT2D eigenvalue weighted by atomic mass is 16.3. The van der Waals surface area contributed by atoms with Crippen molar-refractivity contribution in [2.24, 2.45) is 40.4 Å². The van der Waals surface area contributed by atoms with Gasteiger partial charge in [-0.15, -0.1) is 0 Å². The highest BCUT2D eigenvalue weighted by Crippen LogP contribution is 2.72. The fourth-order valence-corrected chi connectivity index (χ4v) is 7.76. The van der Waals surface area contributed by atoms with Gasteiger partial charge in [-0.05, 0) is 91.8 Å². The van der Waals surface area contributed by atoms with Crippen LogP contribution in [-0.2, 0) is 0 Å². The molecule has 0 unspecified atom stereocenters. The van der Waals surface area contributed by atoms with Crippen molar-refractivity contribution in [1.29, 1.82) is 0 Å². The van der Waals surface area contributed by atoms with E-state index in [0.29, 0.717) is 47.0 Å². The van der Waals surface area contributed by atoms with Crippen LogP contribution in [0.3, 0.4) is 0 Å². The molecule has 0 amide bonds. The van der Waals surface area contributed by atoms with E-state index in [1.54, 1.807) is 0 Å². The fraction of sp³-hybridized carbons (Fsp3) is 0.900. The van der Waals surface area contributed by atoms with Crippen LogP contribution in [0.1, 0.15) is 58.3 Å². The summed E-state index contributed by atoms with van der Waals surface area (Å²) in [5.41, 5.74) is 0.401. The molecule has 1 spiro atoms. The average Bonchev–Trinajstić information content (AvgIpc) is 2.88. The Morgan fingerprint density at radius 2 is 1.95 bits per heavy atom. The van der Waals surface area contributed by atoms with Crippen molar-refractivity contribution in [3.63, 3.8) is 0 Å². The Balaban J connectivity index is 1.52. The molecule has 0 radical (unpaired) electrons. The van der Waals surface area contributed by atoms with E-state index < -0.39 is 5.60 Å². The summed E-state index contributed by atoms with van der Waals surface area (Å²) in [6.07, 6.45) is 14.5. The van der Waals surface area contributed by atoms with Gasteiger partial charge in [-0.25, -0.2) is 0 Å². The second-order valence-corrected chi connectivity index (χ2v) is 9.90. The molecule has 4 fully saturated rings. The first-order chi connectivity index (χ1) is 10.5. The molecule has 2 N–H and O–H groups in total. The van der Waals surface area contributed by atoms with Crippen molar-refractivity contribution >= 4 is 0 Å². The SMILES string of the molecule is C[C@]12C[C@H]3C=C[C@H]1C[C@@H]1[C@@H](C[C@]14CC[C@H](CO)C4)[C@@](O)(C3)C2. The zero-order valence-corrected chi connectivity index (χ0v) is 13.8. The van der Waals surface area contributed by atoms with E-state index in [-0.39, 0.29) is 0 Å². The van der Waals surface area contributed by atoms with Crippen molar-refractivity contribution in [3.05, 3.63) is 12.2 Å². The van der Waals surface area contributed by atoms with Crippen LogP contribution in [0.15, 0.2) is 12.2 Å². The molecule has 0 aromatic rings. The summed E-state index contributed by atoms with van der Waals surface area (Å²) >= 11 is 0. The van der Waals surface area contributed by atoms with Crippen molar-refractivity contribution in [1.82, 2.24) is 0 Å². The van der Waals surface area contributed by atoms with Gasteiger partial charge in [0.2, 0.25) is 0 Å². The second-order valence-electron chi connectivity index (χ2n) is 9.90. The summed E-state index contributed by atoms with van der Waals surface area (Å²) in [4.78, 5) is 0. The van der Waals surface area contributed by atoms with Gasteiger partial charge in [0.25, 0.3) is 0 Å². The molecule has 0 aromatic carbocycles. The van der Waals surface area contributed by atoms with Gasteiger partial charge in [0.15, 0.2) is 0 Å². The number of aliphatic hydroxyl groups excluding tert-OH is 1. The predicted molar refractivity (Wildman–Crippen MR) is 86.1 cm³/mol. The van der Waals surface area contributed by atoms with Crippen LogP contribution in [0.5, 0.6) is 0 Å². The zero-order valence-electron chi connectivity index (χ0n) is 13.8. The quantitative estimate of drug-likeness (QED) is 0.728. The molecule has 0 saturated heterocycles. The molecular weight excluding hydrogens is 272 g/mol. The van der Waals surface area contributed by atoms with E-state index >= 15 is 0 Å². The Kier molecular flexibility index (Phi) is 2.67. The predicted octanol–water partition coefficient (Wildman–Crippen LogP) is 3.53. The van der Waals surface area contributed by atoms with Crippen LogP contribution in [0, 0.1) is 40.4 Å². The summed E-state index contributed by atoms with van der Waals surface area (Å²) in [5.74, 6) is 3.07. The fourth-order valence-electron chi connectivity index (χ4n) is 7.76. The van der Waals surface area contributed by atoms with E-state index in [0.717, 1.165) is 12.8 Å². The molecule has 3 bridgehead atoms. The lowest BCUT2D eigenvalue weighted by atomic mass is 9.46. The normalized spacial score (nSPS) is 61.9. The largest absolute Gasteiger partial charge is 0.396 e. The molecule has 2 nitrogen and oxygen atoms in total. The maximum absolute atomic E-state index is 11.5. The van der Waals surface area contributed by atoms with E-state index in [4.69, 9.17) is 0 Å². The van der Waals surface area contributed by atoms with Gasteiger partial charge in [-0.1, -0.05) is 19.1 Å². The minimum atomic E-state index is -0.398. The van der Waals surface area contributed by atoms with Gasteiger partial charge in [-0.3, -0.25) is 0 Å². The Morgan fingerprint density at radius 3 is 2.73 bits per heavy atom.